The highest BCUT2D eigenvalue weighted by Gasteiger charge is 2.50. The van der Waals surface area contributed by atoms with E-state index in [-0.39, 0.29) is 11.3 Å². The van der Waals surface area contributed by atoms with Gasteiger partial charge in [0.05, 0.1) is 5.41 Å². The number of nitrogens with zero attached hydrogens (tertiary/aromatic N) is 3. The molecule has 1 aromatic heterocycles. The zero-order chi connectivity index (χ0) is 17.3. The van der Waals surface area contributed by atoms with Gasteiger partial charge in [-0.05, 0) is 43.4 Å². The minimum absolute atomic E-state index is 0.116. The standard InChI is InChI=1S/C19H23ClN4O/c20-15-7-5-14(6-8-15)19(10-11-19)18(25)21-12-9-17-23-22-16-4-2-1-3-13-24(16)17/h5-8H,1-4,9-13H2,(H,21,25). The van der Waals surface area contributed by atoms with E-state index in [0.29, 0.717) is 11.6 Å². The Kier molecular flexibility index (Phi) is 4.50. The maximum Gasteiger partial charge on any atom is 0.230 e. The van der Waals surface area contributed by atoms with Gasteiger partial charge in [-0.25, -0.2) is 0 Å². The molecule has 1 fully saturated rings. The van der Waals surface area contributed by atoms with Crippen LogP contribution in [0, 0.1) is 0 Å². The predicted octanol–water partition coefficient (Wildman–Crippen LogP) is 3.05. The van der Waals surface area contributed by atoms with Crippen LogP contribution in [0.2, 0.25) is 5.02 Å². The zero-order valence-corrected chi connectivity index (χ0v) is 15.1. The number of hydrogen-bond donors (Lipinski definition) is 1. The largest absolute Gasteiger partial charge is 0.355 e. The van der Waals surface area contributed by atoms with E-state index in [9.17, 15) is 4.79 Å². The number of aryl methyl sites for hydroxylation is 1. The first-order chi connectivity index (χ1) is 12.2. The molecule has 2 aromatic rings. The van der Waals surface area contributed by atoms with Crippen molar-refractivity contribution < 1.29 is 4.79 Å². The van der Waals surface area contributed by atoms with E-state index in [4.69, 9.17) is 11.6 Å². The summed E-state index contributed by atoms with van der Waals surface area (Å²) in [7, 11) is 0. The molecule has 0 atom stereocenters. The van der Waals surface area contributed by atoms with Crippen LogP contribution >= 0.6 is 11.6 Å². The lowest BCUT2D eigenvalue weighted by Gasteiger charge is -2.16. The summed E-state index contributed by atoms with van der Waals surface area (Å²) in [5, 5.41) is 12.5. The molecule has 0 spiro atoms. The molecule has 1 amide bonds. The lowest BCUT2D eigenvalue weighted by atomic mass is 9.95. The van der Waals surface area contributed by atoms with Gasteiger partial charge in [0.2, 0.25) is 5.91 Å². The van der Waals surface area contributed by atoms with Crippen LogP contribution in [-0.2, 0) is 29.6 Å². The second-order valence-corrected chi connectivity index (χ2v) is 7.53. The number of benzene rings is 1. The molecule has 0 radical (unpaired) electrons. The average Bonchev–Trinajstić information content (AvgIpc) is 3.38. The summed E-state index contributed by atoms with van der Waals surface area (Å²) >= 11 is 5.96. The number of halogens is 1. The van der Waals surface area contributed by atoms with Crippen molar-refractivity contribution >= 4 is 17.5 Å². The highest BCUT2D eigenvalue weighted by atomic mass is 35.5. The van der Waals surface area contributed by atoms with E-state index >= 15 is 0 Å². The summed E-state index contributed by atoms with van der Waals surface area (Å²) in [6, 6.07) is 7.64. The van der Waals surface area contributed by atoms with Crippen LogP contribution in [0.3, 0.4) is 0 Å². The topological polar surface area (TPSA) is 59.8 Å². The second kappa shape index (κ2) is 6.79. The highest BCUT2D eigenvalue weighted by Crippen LogP contribution is 2.48. The van der Waals surface area contributed by atoms with Gasteiger partial charge in [0.25, 0.3) is 0 Å². The average molecular weight is 359 g/mol. The Morgan fingerprint density at radius 3 is 2.72 bits per heavy atom. The molecule has 25 heavy (non-hydrogen) atoms. The minimum Gasteiger partial charge on any atom is -0.355 e. The molecule has 0 bridgehead atoms. The molecular weight excluding hydrogens is 336 g/mol. The highest BCUT2D eigenvalue weighted by molar-refractivity contribution is 6.30. The molecule has 2 aliphatic rings. The van der Waals surface area contributed by atoms with E-state index in [1.54, 1.807) is 0 Å². The molecule has 6 heteroatoms. The van der Waals surface area contributed by atoms with Gasteiger partial charge in [-0.15, -0.1) is 10.2 Å². The Bertz CT molecular complexity index is 764. The monoisotopic (exact) mass is 358 g/mol. The lowest BCUT2D eigenvalue weighted by molar-refractivity contribution is -0.123. The van der Waals surface area contributed by atoms with Crippen LogP contribution in [0.4, 0.5) is 0 Å². The third-order valence-corrected chi connectivity index (χ3v) is 5.65. The SMILES string of the molecule is O=C(NCCc1nnc2n1CCCCC2)C1(c2ccc(Cl)cc2)CC1. The molecular formula is C19H23ClN4O. The quantitative estimate of drug-likeness (QED) is 0.893. The molecule has 132 valence electrons. The van der Waals surface area contributed by atoms with Gasteiger partial charge < -0.3 is 9.88 Å². The first kappa shape index (κ1) is 16.6. The number of aromatic nitrogens is 3. The molecule has 1 aliphatic heterocycles. The molecule has 5 nitrogen and oxygen atoms in total. The van der Waals surface area contributed by atoms with Crippen molar-refractivity contribution in [3.63, 3.8) is 0 Å². The Morgan fingerprint density at radius 1 is 1.16 bits per heavy atom. The van der Waals surface area contributed by atoms with Gasteiger partial charge >= 0.3 is 0 Å². The summed E-state index contributed by atoms with van der Waals surface area (Å²) in [6.45, 7) is 1.60. The molecule has 1 aliphatic carbocycles. The molecule has 1 N–H and O–H groups in total. The van der Waals surface area contributed by atoms with Crippen molar-refractivity contribution in [2.24, 2.45) is 0 Å². The minimum atomic E-state index is -0.355. The number of carbonyl (C=O) groups excluding carboxylic acids is 1. The smallest absolute Gasteiger partial charge is 0.230 e. The third-order valence-electron chi connectivity index (χ3n) is 5.40. The number of rotatable bonds is 5. The van der Waals surface area contributed by atoms with Crippen LogP contribution in [0.25, 0.3) is 0 Å². The number of amides is 1. The second-order valence-electron chi connectivity index (χ2n) is 7.09. The van der Waals surface area contributed by atoms with Gasteiger partial charge in [-0.1, -0.05) is 30.2 Å². The Hall–Kier alpha value is -1.88. The van der Waals surface area contributed by atoms with Gasteiger partial charge in [0.15, 0.2) is 0 Å². The number of nitrogens with one attached hydrogen (secondary N) is 1. The van der Waals surface area contributed by atoms with Crippen molar-refractivity contribution in [1.82, 2.24) is 20.1 Å². The first-order valence-electron chi connectivity index (χ1n) is 9.14. The summed E-state index contributed by atoms with van der Waals surface area (Å²) in [4.78, 5) is 12.7. The van der Waals surface area contributed by atoms with Crippen LogP contribution in [0.15, 0.2) is 24.3 Å². The lowest BCUT2D eigenvalue weighted by Crippen LogP contribution is -2.36. The van der Waals surface area contributed by atoms with Crippen molar-refractivity contribution in [3.8, 4) is 0 Å². The van der Waals surface area contributed by atoms with Crippen molar-refractivity contribution in [3.05, 3.63) is 46.5 Å². The van der Waals surface area contributed by atoms with E-state index in [1.165, 1.54) is 19.3 Å². The van der Waals surface area contributed by atoms with E-state index in [0.717, 1.165) is 49.4 Å². The first-order valence-corrected chi connectivity index (χ1v) is 9.52. The zero-order valence-electron chi connectivity index (χ0n) is 14.3. The maximum atomic E-state index is 12.7. The van der Waals surface area contributed by atoms with Gasteiger partial charge in [-0.2, -0.15) is 0 Å². The van der Waals surface area contributed by atoms with Crippen LogP contribution < -0.4 is 5.32 Å². The van der Waals surface area contributed by atoms with E-state index < -0.39 is 0 Å². The molecule has 0 unspecified atom stereocenters. The van der Waals surface area contributed by atoms with Crippen LogP contribution in [0.1, 0.15) is 49.3 Å². The summed E-state index contributed by atoms with van der Waals surface area (Å²) in [6.07, 6.45) is 7.18. The maximum absolute atomic E-state index is 12.7. The molecule has 1 saturated carbocycles. The fraction of sp³-hybridized carbons (Fsp3) is 0.526. The Labute approximate surface area is 152 Å². The van der Waals surface area contributed by atoms with Crippen LogP contribution in [-0.4, -0.2) is 27.2 Å². The van der Waals surface area contributed by atoms with Crippen molar-refractivity contribution in [1.29, 1.82) is 0 Å². The number of fused-ring (bicyclic) bond motifs is 1. The van der Waals surface area contributed by atoms with E-state index in [2.05, 4.69) is 20.1 Å². The van der Waals surface area contributed by atoms with Crippen LogP contribution in [0.5, 0.6) is 0 Å². The summed E-state index contributed by atoms with van der Waals surface area (Å²) in [5.41, 5.74) is 0.706. The Balaban J connectivity index is 1.37. The third kappa shape index (κ3) is 3.30. The fourth-order valence-electron chi connectivity index (χ4n) is 3.73. The number of carbonyl (C=O) groups is 1. The van der Waals surface area contributed by atoms with Gasteiger partial charge in [-0.3, -0.25) is 4.79 Å². The predicted molar refractivity (Wildman–Crippen MR) is 96.7 cm³/mol. The van der Waals surface area contributed by atoms with Crippen molar-refractivity contribution in [2.45, 2.75) is 56.9 Å². The number of hydrogen-bond acceptors (Lipinski definition) is 3. The Morgan fingerprint density at radius 2 is 1.96 bits per heavy atom. The fourth-order valence-corrected chi connectivity index (χ4v) is 3.85. The van der Waals surface area contributed by atoms with E-state index in [1.807, 2.05) is 24.3 Å². The van der Waals surface area contributed by atoms with Gasteiger partial charge in [0, 0.05) is 31.0 Å². The normalized spacial score (nSPS) is 18.3. The van der Waals surface area contributed by atoms with Gasteiger partial charge in [0.1, 0.15) is 11.6 Å². The molecule has 4 rings (SSSR count). The molecule has 1 aromatic carbocycles. The summed E-state index contributed by atoms with van der Waals surface area (Å²) < 4.78 is 2.24. The molecule has 0 saturated heterocycles. The summed E-state index contributed by atoms with van der Waals surface area (Å²) in [5.74, 6) is 2.21. The molecule has 2 heterocycles. The van der Waals surface area contributed by atoms with Crippen molar-refractivity contribution in [2.75, 3.05) is 6.54 Å².